The van der Waals surface area contributed by atoms with Crippen LogP contribution in [-0.4, -0.2) is 7.11 Å². The minimum absolute atomic E-state index is 0.988. The lowest BCUT2D eigenvalue weighted by molar-refractivity contribution is 0.326. The number of allylic oxidation sites excluding steroid dienone is 1. The van der Waals surface area contributed by atoms with Crippen LogP contribution >= 0.6 is 8.25 Å². The van der Waals surface area contributed by atoms with Gasteiger partial charge in [-0.25, -0.2) is 4.52 Å². The summed E-state index contributed by atoms with van der Waals surface area (Å²) in [6.45, 7) is 2.24. The summed E-state index contributed by atoms with van der Waals surface area (Å²) in [5.41, 5.74) is 0. The number of unbranched alkanes of at least 4 members (excludes halogenated alkanes) is 8. The number of hydrogen-bond acceptors (Lipinski definition) is 3. The van der Waals surface area contributed by atoms with Crippen molar-refractivity contribution in [2.45, 2.75) is 64.7 Å². The zero-order valence-electron chi connectivity index (χ0n) is 11.2. The monoisotopic (exact) mass is 261 g/mol. The highest BCUT2D eigenvalue weighted by Crippen LogP contribution is 2.21. The molecular weight excluding hydrogens is 235 g/mol. The van der Waals surface area contributed by atoms with E-state index in [0.29, 0.717) is 0 Å². The van der Waals surface area contributed by atoms with Gasteiger partial charge in [0, 0.05) is 4.57 Å². The van der Waals surface area contributed by atoms with Gasteiger partial charge in [0.05, 0.1) is 7.11 Å². The Morgan fingerprint density at radius 3 is 2.18 bits per heavy atom. The second-order valence-electron chi connectivity index (χ2n) is 4.15. The molecule has 0 aliphatic heterocycles. The van der Waals surface area contributed by atoms with Gasteiger partial charge in [0.15, 0.2) is 0 Å². The van der Waals surface area contributed by atoms with Gasteiger partial charge in [0.1, 0.15) is 6.26 Å². The van der Waals surface area contributed by atoms with Gasteiger partial charge < -0.3 is 0 Å². The van der Waals surface area contributed by atoms with E-state index in [9.17, 15) is 4.57 Å². The van der Waals surface area contributed by atoms with Crippen molar-refractivity contribution in [3.63, 3.8) is 0 Å². The Balaban J connectivity index is 3.10. The quantitative estimate of drug-likeness (QED) is 0.270. The van der Waals surface area contributed by atoms with Crippen molar-refractivity contribution in [2.75, 3.05) is 7.11 Å². The van der Waals surface area contributed by atoms with Crippen LogP contribution in [0.2, 0.25) is 0 Å². The molecule has 0 saturated heterocycles. The van der Waals surface area contributed by atoms with E-state index in [4.69, 9.17) is 4.52 Å². The second-order valence-corrected chi connectivity index (χ2v) is 5.17. The molecule has 0 saturated carbocycles. The maximum Gasteiger partial charge on any atom is 0.749 e. The SMILES string of the molecule is CCCCCCCCCC/C=C/O[P+](=O)OC. The summed E-state index contributed by atoms with van der Waals surface area (Å²) in [5.74, 6) is 0. The molecule has 0 aromatic carbocycles. The van der Waals surface area contributed by atoms with Crippen molar-refractivity contribution in [1.82, 2.24) is 0 Å². The molecule has 3 nitrogen and oxygen atoms in total. The molecule has 1 unspecified atom stereocenters. The van der Waals surface area contributed by atoms with E-state index >= 15 is 0 Å². The van der Waals surface area contributed by atoms with Gasteiger partial charge in [-0.05, 0) is 18.9 Å². The highest BCUT2D eigenvalue weighted by molar-refractivity contribution is 7.33. The molecule has 0 N–H and O–H groups in total. The number of rotatable bonds is 12. The first-order chi connectivity index (χ1) is 8.31. The van der Waals surface area contributed by atoms with Crippen molar-refractivity contribution in [2.24, 2.45) is 0 Å². The zero-order valence-corrected chi connectivity index (χ0v) is 12.1. The minimum Gasteiger partial charge on any atom is -0.238 e. The molecule has 0 aromatic heterocycles. The summed E-state index contributed by atoms with van der Waals surface area (Å²) in [6, 6.07) is 0. The van der Waals surface area contributed by atoms with E-state index in [-0.39, 0.29) is 0 Å². The highest BCUT2D eigenvalue weighted by Gasteiger charge is 2.13. The molecule has 0 amide bonds. The van der Waals surface area contributed by atoms with Crippen LogP contribution < -0.4 is 0 Å². The Bertz CT molecular complexity index is 205. The van der Waals surface area contributed by atoms with Crippen LogP contribution in [-0.2, 0) is 13.6 Å². The lowest BCUT2D eigenvalue weighted by Crippen LogP contribution is -1.80. The van der Waals surface area contributed by atoms with Gasteiger partial charge in [-0.3, -0.25) is 0 Å². The van der Waals surface area contributed by atoms with Gasteiger partial charge in [-0.2, -0.15) is 0 Å². The molecule has 0 aliphatic rings. The molecule has 0 bridgehead atoms. The van der Waals surface area contributed by atoms with Crippen LogP contribution in [0.3, 0.4) is 0 Å². The summed E-state index contributed by atoms with van der Waals surface area (Å²) in [5, 5.41) is 0. The van der Waals surface area contributed by atoms with Gasteiger partial charge in [-0.15, -0.1) is 4.52 Å². The van der Waals surface area contributed by atoms with E-state index in [1.807, 2.05) is 6.08 Å². The van der Waals surface area contributed by atoms with E-state index < -0.39 is 8.25 Å². The zero-order chi connectivity index (χ0) is 12.8. The largest absolute Gasteiger partial charge is 0.749 e. The fraction of sp³-hybridized carbons (Fsp3) is 0.846. The first-order valence-electron chi connectivity index (χ1n) is 6.64. The predicted octanol–water partition coefficient (Wildman–Crippen LogP) is 5.35. The van der Waals surface area contributed by atoms with Crippen molar-refractivity contribution in [3.05, 3.63) is 12.3 Å². The van der Waals surface area contributed by atoms with Crippen LogP contribution in [0.25, 0.3) is 0 Å². The van der Waals surface area contributed by atoms with Crippen LogP contribution in [0.1, 0.15) is 64.7 Å². The fourth-order valence-corrected chi connectivity index (χ4v) is 1.87. The highest BCUT2D eigenvalue weighted by atomic mass is 31.1. The topological polar surface area (TPSA) is 35.5 Å². The third kappa shape index (κ3) is 13.5. The lowest BCUT2D eigenvalue weighted by Gasteiger charge is -1.99. The molecule has 0 fully saturated rings. The Kier molecular flexibility index (Phi) is 13.3. The first kappa shape index (κ1) is 16.6. The summed E-state index contributed by atoms with van der Waals surface area (Å²) in [4.78, 5) is 0. The molecular formula is C13H26O3P+. The molecule has 0 rings (SSSR count). The molecule has 0 radical (unpaired) electrons. The summed E-state index contributed by atoms with van der Waals surface area (Å²) in [7, 11) is -0.585. The summed E-state index contributed by atoms with van der Waals surface area (Å²) < 4.78 is 20.0. The van der Waals surface area contributed by atoms with E-state index in [1.54, 1.807) is 0 Å². The van der Waals surface area contributed by atoms with Gasteiger partial charge in [-0.1, -0.05) is 51.9 Å². The average Bonchev–Trinajstić information content (AvgIpc) is 2.35. The predicted molar refractivity (Wildman–Crippen MR) is 72.1 cm³/mol. The van der Waals surface area contributed by atoms with E-state index in [2.05, 4.69) is 11.4 Å². The van der Waals surface area contributed by atoms with Gasteiger partial charge in [0.25, 0.3) is 0 Å². The molecule has 17 heavy (non-hydrogen) atoms. The average molecular weight is 261 g/mol. The van der Waals surface area contributed by atoms with E-state index in [1.165, 1.54) is 64.7 Å². The van der Waals surface area contributed by atoms with E-state index in [0.717, 1.165) is 6.42 Å². The number of hydrogen-bond donors (Lipinski definition) is 0. The Morgan fingerprint density at radius 2 is 1.59 bits per heavy atom. The molecule has 1 atom stereocenters. The molecule has 100 valence electrons. The molecule has 0 heterocycles. The van der Waals surface area contributed by atoms with Crippen molar-refractivity contribution in [3.8, 4) is 0 Å². The van der Waals surface area contributed by atoms with Crippen molar-refractivity contribution >= 4 is 8.25 Å². The fourth-order valence-electron chi connectivity index (χ4n) is 1.60. The minimum atomic E-state index is -1.95. The summed E-state index contributed by atoms with van der Waals surface area (Å²) in [6.07, 6.45) is 14.9. The third-order valence-corrected chi connectivity index (χ3v) is 3.21. The molecule has 0 aromatic rings. The van der Waals surface area contributed by atoms with Gasteiger partial charge >= 0.3 is 8.25 Å². The van der Waals surface area contributed by atoms with Crippen molar-refractivity contribution < 1.29 is 13.6 Å². The lowest BCUT2D eigenvalue weighted by atomic mass is 10.1. The molecule has 4 heteroatoms. The third-order valence-electron chi connectivity index (χ3n) is 2.62. The van der Waals surface area contributed by atoms with Crippen LogP contribution in [0.4, 0.5) is 0 Å². The normalized spacial score (nSPS) is 12.0. The standard InChI is InChI=1S/C13H26O3P/c1-3-4-5-6-7-8-9-10-11-12-13-16-17(14)15-2/h12-13H,3-11H2,1-2H3/q+1/b13-12+. The smallest absolute Gasteiger partial charge is 0.238 e. The first-order valence-corrected chi connectivity index (χ1v) is 7.74. The second kappa shape index (κ2) is 13.7. The van der Waals surface area contributed by atoms with Gasteiger partial charge in [0.2, 0.25) is 0 Å². The van der Waals surface area contributed by atoms with Crippen molar-refractivity contribution in [1.29, 1.82) is 0 Å². The maximum atomic E-state index is 10.7. The molecule has 0 spiro atoms. The Labute approximate surface area is 107 Å². The molecule has 0 aliphatic carbocycles. The Hall–Kier alpha value is -0.400. The van der Waals surface area contributed by atoms with Crippen LogP contribution in [0.15, 0.2) is 12.3 Å². The summed E-state index contributed by atoms with van der Waals surface area (Å²) >= 11 is 0. The van der Waals surface area contributed by atoms with Crippen LogP contribution in [0.5, 0.6) is 0 Å². The van der Waals surface area contributed by atoms with Crippen LogP contribution in [0, 0.1) is 0 Å². The Morgan fingerprint density at radius 1 is 1.00 bits per heavy atom. The maximum absolute atomic E-state index is 10.7.